The van der Waals surface area contributed by atoms with E-state index in [4.69, 9.17) is 16.3 Å². The Morgan fingerprint density at radius 3 is 2.22 bits per heavy atom. The van der Waals surface area contributed by atoms with Crippen LogP contribution in [0.25, 0.3) is 6.08 Å². The summed E-state index contributed by atoms with van der Waals surface area (Å²) in [4.78, 5) is 24.4. The normalized spacial score (nSPS) is 10.7. The Hall–Kier alpha value is -3.17. The van der Waals surface area contributed by atoms with Crippen molar-refractivity contribution in [3.8, 4) is 5.75 Å². The first-order valence-corrected chi connectivity index (χ1v) is 8.76. The van der Waals surface area contributed by atoms with Gasteiger partial charge in [-0.15, -0.1) is 0 Å². The van der Waals surface area contributed by atoms with Crippen LogP contribution in [0.4, 0.5) is 0 Å². The molecule has 3 aromatic carbocycles. The second-order valence-corrected chi connectivity index (χ2v) is 6.41. The number of carbonyl (C=O) groups excluding carboxylic acids is 2. The van der Waals surface area contributed by atoms with Gasteiger partial charge < -0.3 is 4.74 Å². The number of ether oxygens (including phenoxy) is 1. The van der Waals surface area contributed by atoms with Gasteiger partial charge in [0.25, 0.3) is 0 Å². The first-order valence-electron chi connectivity index (χ1n) is 8.39. The first-order chi connectivity index (χ1) is 13.0. The third kappa shape index (κ3) is 4.93. The molecule has 3 rings (SSSR count). The molecule has 0 aliphatic carbocycles. The molecule has 4 heteroatoms. The van der Waals surface area contributed by atoms with Crippen molar-refractivity contribution in [3.05, 3.63) is 106 Å². The lowest BCUT2D eigenvalue weighted by atomic mass is 10.1. The maximum Gasteiger partial charge on any atom is 0.343 e. The summed E-state index contributed by atoms with van der Waals surface area (Å²) >= 11 is 5.82. The van der Waals surface area contributed by atoms with Gasteiger partial charge in [-0.2, -0.15) is 0 Å². The maximum absolute atomic E-state index is 12.2. The van der Waals surface area contributed by atoms with E-state index in [1.165, 1.54) is 6.08 Å². The molecule has 0 bridgehead atoms. The molecule has 0 spiro atoms. The minimum atomic E-state index is -0.394. The fourth-order valence-electron chi connectivity index (χ4n) is 2.49. The summed E-state index contributed by atoms with van der Waals surface area (Å²) in [5, 5.41) is 0.589. The van der Waals surface area contributed by atoms with Gasteiger partial charge in [-0.25, -0.2) is 4.79 Å². The Bertz CT molecular complexity index is 987. The molecular weight excluding hydrogens is 360 g/mol. The number of hydrogen-bond acceptors (Lipinski definition) is 3. The molecule has 0 unspecified atom stereocenters. The number of ketones is 1. The lowest BCUT2D eigenvalue weighted by Crippen LogP contribution is -2.09. The average Bonchev–Trinajstić information content (AvgIpc) is 2.68. The number of halogens is 1. The van der Waals surface area contributed by atoms with Gasteiger partial charge in [0.05, 0.1) is 5.56 Å². The van der Waals surface area contributed by atoms with Crippen LogP contribution in [-0.2, 0) is 0 Å². The van der Waals surface area contributed by atoms with E-state index < -0.39 is 5.97 Å². The molecule has 0 saturated heterocycles. The van der Waals surface area contributed by atoms with Crippen molar-refractivity contribution >= 4 is 29.4 Å². The van der Waals surface area contributed by atoms with Crippen molar-refractivity contribution in [1.29, 1.82) is 0 Å². The van der Waals surface area contributed by atoms with Gasteiger partial charge >= 0.3 is 5.97 Å². The second kappa shape index (κ2) is 8.47. The Labute approximate surface area is 162 Å². The van der Waals surface area contributed by atoms with E-state index in [9.17, 15) is 9.59 Å². The molecule has 0 N–H and O–H groups in total. The second-order valence-electron chi connectivity index (χ2n) is 5.98. The van der Waals surface area contributed by atoms with E-state index in [1.807, 2.05) is 19.1 Å². The molecule has 27 heavy (non-hydrogen) atoms. The average molecular weight is 377 g/mol. The Morgan fingerprint density at radius 1 is 0.889 bits per heavy atom. The Balaban J connectivity index is 1.65. The number of esters is 1. The van der Waals surface area contributed by atoms with Gasteiger partial charge in [0.15, 0.2) is 5.78 Å². The van der Waals surface area contributed by atoms with E-state index in [1.54, 1.807) is 66.7 Å². The molecule has 0 heterocycles. The van der Waals surface area contributed by atoms with Crippen LogP contribution in [0.3, 0.4) is 0 Å². The van der Waals surface area contributed by atoms with E-state index in [0.717, 1.165) is 11.1 Å². The minimum Gasteiger partial charge on any atom is -0.423 e. The van der Waals surface area contributed by atoms with Crippen molar-refractivity contribution < 1.29 is 14.3 Å². The van der Waals surface area contributed by atoms with E-state index in [-0.39, 0.29) is 5.78 Å². The molecule has 0 atom stereocenters. The van der Waals surface area contributed by atoms with Crippen LogP contribution < -0.4 is 4.74 Å². The summed E-state index contributed by atoms with van der Waals surface area (Å²) in [6, 6.07) is 21.0. The molecule has 0 radical (unpaired) electrons. The molecule has 0 aliphatic heterocycles. The Morgan fingerprint density at radius 2 is 1.56 bits per heavy atom. The summed E-state index contributed by atoms with van der Waals surface area (Å²) in [7, 11) is 0. The smallest absolute Gasteiger partial charge is 0.343 e. The standard InChI is InChI=1S/C23H17ClO3/c1-16-4-2-3-5-21(16)23(26)27-20-13-6-17(7-14-20)8-15-22(25)18-9-11-19(24)12-10-18/h2-15H,1H3/b15-8+. The van der Waals surface area contributed by atoms with Crippen LogP contribution in [0.2, 0.25) is 5.02 Å². The zero-order valence-electron chi connectivity index (χ0n) is 14.7. The quantitative estimate of drug-likeness (QED) is 0.246. The largest absolute Gasteiger partial charge is 0.423 e. The van der Waals surface area contributed by atoms with Crippen molar-refractivity contribution in [2.75, 3.05) is 0 Å². The summed E-state index contributed by atoms with van der Waals surface area (Å²) in [5.74, 6) is -0.0551. The SMILES string of the molecule is Cc1ccccc1C(=O)Oc1ccc(/C=C/C(=O)c2ccc(Cl)cc2)cc1. The van der Waals surface area contributed by atoms with Gasteiger partial charge in [-0.1, -0.05) is 48.0 Å². The number of rotatable bonds is 5. The highest BCUT2D eigenvalue weighted by molar-refractivity contribution is 6.30. The minimum absolute atomic E-state index is 0.110. The molecule has 0 aliphatic rings. The molecule has 3 aromatic rings. The summed E-state index contributed by atoms with van der Waals surface area (Å²) in [6.07, 6.45) is 3.21. The van der Waals surface area contributed by atoms with Gasteiger partial charge in [-0.3, -0.25) is 4.79 Å². The molecule has 0 aromatic heterocycles. The van der Waals surface area contributed by atoms with Crippen LogP contribution in [0, 0.1) is 6.92 Å². The summed E-state index contributed by atoms with van der Waals surface area (Å²) in [5.41, 5.74) is 2.80. The highest BCUT2D eigenvalue weighted by Crippen LogP contribution is 2.17. The predicted octanol–water partition coefficient (Wildman–Crippen LogP) is 5.76. The topological polar surface area (TPSA) is 43.4 Å². The molecular formula is C23H17ClO3. The van der Waals surface area contributed by atoms with Crippen LogP contribution in [-0.4, -0.2) is 11.8 Å². The number of hydrogen-bond donors (Lipinski definition) is 0. The fraction of sp³-hybridized carbons (Fsp3) is 0.0435. The summed E-state index contributed by atoms with van der Waals surface area (Å²) < 4.78 is 5.40. The van der Waals surface area contributed by atoms with Gasteiger partial charge in [0.2, 0.25) is 0 Å². The lowest BCUT2D eigenvalue weighted by Gasteiger charge is -2.06. The predicted molar refractivity (Wildman–Crippen MR) is 107 cm³/mol. The molecule has 134 valence electrons. The number of aryl methyl sites for hydroxylation is 1. The molecule has 3 nitrogen and oxygen atoms in total. The van der Waals surface area contributed by atoms with Gasteiger partial charge in [0, 0.05) is 10.6 Å². The van der Waals surface area contributed by atoms with E-state index in [2.05, 4.69) is 0 Å². The highest BCUT2D eigenvalue weighted by atomic mass is 35.5. The third-order valence-electron chi connectivity index (χ3n) is 4.01. The van der Waals surface area contributed by atoms with Gasteiger partial charge in [-0.05, 0) is 66.6 Å². The number of allylic oxidation sites excluding steroid dienone is 1. The van der Waals surface area contributed by atoms with E-state index >= 15 is 0 Å². The van der Waals surface area contributed by atoms with Crippen molar-refractivity contribution in [1.82, 2.24) is 0 Å². The Kier molecular flexibility index (Phi) is 5.84. The summed E-state index contributed by atoms with van der Waals surface area (Å²) in [6.45, 7) is 1.86. The fourth-order valence-corrected chi connectivity index (χ4v) is 2.62. The van der Waals surface area contributed by atoms with Crippen molar-refractivity contribution in [2.24, 2.45) is 0 Å². The molecule has 0 saturated carbocycles. The van der Waals surface area contributed by atoms with Gasteiger partial charge in [0.1, 0.15) is 5.75 Å². The van der Waals surface area contributed by atoms with Crippen LogP contribution in [0.5, 0.6) is 5.75 Å². The van der Waals surface area contributed by atoms with Crippen molar-refractivity contribution in [3.63, 3.8) is 0 Å². The third-order valence-corrected chi connectivity index (χ3v) is 4.26. The van der Waals surface area contributed by atoms with Crippen LogP contribution >= 0.6 is 11.6 Å². The number of carbonyl (C=O) groups is 2. The van der Waals surface area contributed by atoms with E-state index in [0.29, 0.717) is 21.9 Å². The lowest BCUT2D eigenvalue weighted by molar-refractivity contribution is 0.0734. The van der Waals surface area contributed by atoms with Crippen LogP contribution in [0.15, 0.2) is 78.9 Å². The zero-order valence-corrected chi connectivity index (χ0v) is 15.4. The molecule has 0 amide bonds. The van der Waals surface area contributed by atoms with Crippen molar-refractivity contribution in [2.45, 2.75) is 6.92 Å². The molecule has 0 fully saturated rings. The van der Waals surface area contributed by atoms with Crippen LogP contribution in [0.1, 0.15) is 31.8 Å². The first kappa shape index (κ1) is 18.6. The zero-order chi connectivity index (χ0) is 19.2. The highest BCUT2D eigenvalue weighted by Gasteiger charge is 2.10. The maximum atomic E-state index is 12.2. The monoisotopic (exact) mass is 376 g/mol. The number of benzene rings is 3.